The third-order valence-corrected chi connectivity index (χ3v) is 3.39. The normalized spacial score (nSPS) is 11.1. The molecule has 7 nitrogen and oxygen atoms in total. The summed E-state index contributed by atoms with van der Waals surface area (Å²) in [5.74, 6) is -0.350. The van der Waals surface area contributed by atoms with Crippen LogP contribution < -0.4 is 11.0 Å². The van der Waals surface area contributed by atoms with Crippen molar-refractivity contribution in [1.82, 2.24) is 20.4 Å². The summed E-state index contributed by atoms with van der Waals surface area (Å²) < 4.78 is 0.183. The number of hydrazone groups is 1. The molecule has 0 bridgehead atoms. The summed E-state index contributed by atoms with van der Waals surface area (Å²) in [6.07, 6.45) is 3.36. The van der Waals surface area contributed by atoms with Crippen molar-refractivity contribution in [3.63, 3.8) is 0 Å². The maximum absolute atomic E-state index is 11.8. The van der Waals surface area contributed by atoms with Gasteiger partial charge in [-0.15, -0.1) is 0 Å². The van der Waals surface area contributed by atoms with Crippen LogP contribution in [0.2, 0.25) is 0 Å². The molecule has 0 saturated carbocycles. The Morgan fingerprint density at radius 2 is 2.13 bits per heavy atom. The monoisotopic (exact) mass is 327 g/mol. The van der Waals surface area contributed by atoms with Crippen molar-refractivity contribution in [1.29, 1.82) is 0 Å². The minimum absolute atomic E-state index is 0.0151. The number of rotatable bonds is 4. The topological polar surface area (TPSA) is 106 Å². The van der Waals surface area contributed by atoms with Gasteiger partial charge in [0, 0.05) is 34.4 Å². The number of carbonyl (C=O) groups is 1. The molecule has 0 aliphatic heterocycles. The molecule has 116 valence electrons. The number of aromatic amines is 3. The molecular weight excluding hydrogens is 314 g/mol. The van der Waals surface area contributed by atoms with E-state index in [0.717, 1.165) is 16.5 Å². The van der Waals surface area contributed by atoms with Crippen LogP contribution in [0.25, 0.3) is 10.9 Å². The van der Waals surface area contributed by atoms with Gasteiger partial charge >= 0.3 is 0 Å². The quantitative estimate of drug-likeness (QED) is 0.332. The fraction of sp³-hybridized carbons (Fsp3) is 0.0667. The lowest BCUT2D eigenvalue weighted by molar-refractivity contribution is -0.120. The fourth-order valence-corrected chi connectivity index (χ4v) is 2.43. The summed E-state index contributed by atoms with van der Waals surface area (Å²) in [4.78, 5) is 31.4. The average Bonchev–Trinajstić information content (AvgIpc) is 2.90. The van der Waals surface area contributed by atoms with E-state index in [0.29, 0.717) is 5.69 Å². The van der Waals surface area contributed by atoms with Crippen LogP contribution in [0.3, 0.4) is 0 Å². The first kappa shape index (κ1) is 14.9. The van der Waals surface area contributed by atoms with Crippen molar-refractivity contribution in [3.05, 3.63) is 62.9 Å². The Bertz CT molecular complexity index is 970. The Morgan fingerprint density at radius 1 is 1.30 bits per heavy atom. The predicted octanol–water partition coefficient (Wildman–Crippen LogP) is 1.61. The number of H-pyrrole nitrogens is 3. The first-order chi connectivity index (χ1) is 11.1. The number of carbonyl (C=O) groups excluding carboxylic acids is 1. The van der Waals surface area contributed by atoms with Crippen molar-refractivity contribution < 1.29 is 4.79 Å². The van der Waals surface area contributed by atoms with E-state index in [1.807, 2.05) is 30.5 Å². The van der Waals surface area contributed by atoms with Crippen LogP contribution in [0, 0.1) is 4.77 Å². The lowest BCUT2D eigenvalue weighted by atomic mass is 10.2. The van der Waals surface area contributed by atoms with E-state index >= 15 is 0 Å². The molecule has 1 aromatic carbocycles. The van der Waals surface area contributed by atoms with E-state index in [1.54, 1.807) is 6.21 Å². The molecular formula is C15H13N5O2S. The minimum atomic E-state index is -0.350. The number of nitrogens with one attached hydrogen (secondary N) is 4. The highest BCUT2D eigenvalue weighted by molar-refractivity contribution is 7.71. The molecule has 4 N–H and O–H groups in total. The largest absolute Gasteiger partial charge is 0.361 e. The zero-order chi connectivity index (χ0) is 16.2. The second kappa shape index (κ2) is 6.41. The second-order valence-electron chi connectivity index (χ2n) is 4.87. The molecule has 23 heavy (non-hydrogen) atoms. The number of benzene rings is 1. The van der Waals surface area contributed by atoms with Crippen molar-refractivity contribution in [3.8, 4) is 0 Å². The first-order valence-corrected chi connectivity index (χ1v) is 7.23. The smallest absolute Gasteiger partial charge is 0.251 e. The Morgan fingerprint density at radius 3 is 2.96 bits per heavy atom. The minimum Gasteiger partial charge on any atom is -0.361 e. The number of aromatic nitrogens is 3. The lowest BCUT2D eigenvalue weighted by Gasteiger charge is -2.00. The molecule has 0 fully saturated rings. The number of hydrogen-bond donors (Lipinski definition) is 4. The molecule has 0 atom stereocenters. The van der Waals surface area contributed by atoms with Crippen LogP contribution in [-0.2, 0) is 11.2 Å². The van der Waals surface area contributed by atoms with E-state index in [1.165, 1.54) is 6.07 Å². The van der Waals surface area contributed by atoms with Gasteiger partial charge in [-0.1, -0.05) is 18.2 Å². The van der Waals surface area contributed by atoms with Crippen LogP contribution in [0.1, 0.15) is 11.3 Å². The van der Waals surface area contributed by atoms with Gasteiger partial charge in [0.2, 0.25) is 5.91 Å². The molecule has 0 unspecified atom stereocenters. The van der Waals surface area contributed by atoms with Crippen LogP contribution in [0.4, 0.5) is 0 Å². The molecule has 0 saturated heterocycles. The zero-order valence-electron chi connectivity index (χ0n) is 11.9. The van der Waals surface area contributed by atoms with E-state index in [4.69, 9.17) is 12.2 Å². The van der Waals surface area contributed by atoms with Crippen LogP contribution >= 0.6 is 12.2 Å². The van der Waals surface area contributed by atoms with E-state index in [-0.39, 0.29) is 22.7 Å². The van der Waals surface area contributed by atoms with Crippen molar-refractivity contribution in [2.24, 2.45) is 5.10 Å². The molecule has 0 aliphatic rings. The highest BCUT2D eigenvalue weighted by atomic mass is 32.1. The van der Waals surface area contributed by atoms with Gasteiger partial charge in [0.1, 0.15) is 0 Å². The lowest BCUT2D eigenvalue weighted by Crippen LogP contribution is -2.21. The van der Waals surface area contributed by atoms with Crippen LogP contribution in [-0.4, -0.2) is 27.1 Å². The summed E-state index contributed by atoms with van der Waals surface area (Å²) >= 11 is 4.85. The number of hydrogen-bond acceptors (Lipinski definition) is 4. The molecule has 2 heterocycles. The van der Waals surface area contributed by atoms with Gasteiger partial charge in [-0.3, -0.25) is 14.6 Å². The summed E-state index contributed by atoms with van der Waals surface area (Å²) in [6, 6.07) is 9.08. The molecule has 8 heteroatoms. The third kappa shape index (κ3) is 3.61. The van der Waals surface area contributed by atoms with Gasteiger partial charge in [-0.2, -0.15) is 5.10 Å². The second-order valence-corrected chi connectivity index (χ2v) is 5.28. The summed E-state index contributed by atoms with van der Waals surface area (Å²) in [7, 11) is 0. The molecule has 2 aromatic heterocycles. The summed E-state index contributed by atoms with van der Waals surface area (Å²) in [5.41, 5.74) is 4.37. The third-order valence-electron chi connectivity index (χ3n) is 3.18. The molecule has 3 rings (SSSR count). The SMILES string of the molecule is O=C(Cc1cc(=O)[nH]c(=S)[nH]1)N/N=C/c1c[nH]c2ccccc12. The zero-order valence-corrected chi connectivity index (χ0v) is 12.7. The average molecular weight is 327 g/mol. The van der Waals surface area contributed by atoms with Gasteiger partial charge < -0.3 is 9.97 Å². The van der Waals surface area contributed by atoms with E-state index < -0.39 is 0 Å². The van der Waals surface area contributed by atoms with Crippen LogP contribution in [0.5, 0.6) is 0 Å². The van der Waals surface area contributed by atoms with Crippen LogP contribution in [0.15, 0.2) is 46.4 Å². The van der Waals surface area contributed by atoms with Gasteiger partial charge in [-0.05, 0) is 18.3 Å². The number of para-hydroxylation sites is 1. The van der Waals surface area contributed by atoms with Gasteiger partial charge in [0.25, 0.3) is 5.56 Å². The number of amides is 1. The van der Waals surface area contributed by atoms with Crippen molar-refractivity contribution >= 4 is 35.2 Å². The Labute approximate surface area is 135 Å². The molecule has 0 radical (unpaired) electrons. The standard InChI is InChI=1S/C15H13N5O2S/c21-13-5-10(18-15(23)19-13)6-14(22)20-17-8-9-7-16-12-4-2-1-3-11(9)12/h1-5,7-8,16H,6H2,(H,20,22)(H2,18,19,21,23)/b17-8+. The number of nitrogens with zero attached hydrogens (tertiary/aromatic N) is 1. The van der Waals surface area contributed by atoms with Gasteiger partial charge in [-0.25, -0.2) is 5.43 Å². The summed E-state index contributed by atoms with van der Waals surface area (Å²) in [5, 5.41) is 4.95. The molecule has 3 aromatic rings. The molecule has 0 aliphatic carbocycles. The van der Waals surface area contributed by atoms with Crippen molar-refractivity contribution in [2.45, 2.75) is 6.42 Å². The predicted molar refractivity (Wildman–Crippen MR) is 90.0 cm³/mol. The first-order valence-electron chi connectivity index (χ1n) is 6.82. The maximum Gasteiger partial charge on any atom is 0.251 e. The molecule has 1 amide bonds. The Hall–Kier alpha value is -3.00. The van der Waals surface area contributed by atoms with E-state index in [2.05, 4.69) is 25.5 Å². The molecule has 0 spiro atoms. The van der Waals surface area contributed by atoms with Gasteiger partial charge in [0.15, 0.2) is 4.77 Å². The Kier molecular flexibility index (Phi) is 4.15. The Balaban J connectivity index is 1.66. The fourth-order valence-electron chi connectivity index (χ4n) is 2.20. The van der Waals surface area contributed by atoms with Crippen molar-refractivity contribution in [2.75, 3.05) is 0 Å². The van der Waals surface area contributed by atoms with Gasteiger partial charge in [0.05, 0.1) is 12.6 Å². The highest BCUT2D eigenvalue weighted by Crippen LogP contribution is 2.15. The number of fused-ring (bicyclic) bond motifs is 1. The van der Waals surface area contributed by atoms with E-state index in [9.17, 15) is 9.59 Å². The summed E-state index contributed by atoms with van der Waals surface area (Å²) in [6.45, 7) is 0. The highest BCUT2D eigenvalue weighted by Gasteiger charge is 2.04. The maximum atomic E-state index is 11.8.